The summed E-state index contributed by atoms with van der Waals surface area (Å²) >= 11 is 0. The monoisotopic (exact) mass is 399 g/mol. The van der Waals surface area contributed by atoms with Crippen LogP contribution in [-0.4, -0.2) is 45.7 Å². The second-order valence-corrected chi connectivity index (χ2v) is 6.41. The first-order chi connectivity index (χ1) is 13.9. The van der Waals surface area contributed by atoms with E-state index in [4.69, 9.17) is 9.47 Å². The van der Waals surface area contributed by atoms with Gasteiger partial charge < -0.3 is 19.7 Å². The van der Waals surface area contributed by atoms with Crippen molar-refractivity contribution >= 4 is 28.9 Å². The van der Waals surface area contributed by atoms with Crippen LogP contribution >= 0.6 is 0 Å². The molecule has 2 aromatic carbocycles. The molecule has 0 aromatic heterocycles. The summed E-state index contributed by atoms with van der Waals surface area (Å²) in [7, 11) is 3.06. The number of hydrogen-bond donors (Lipinski definition) is 1. The van der Waals surface area contributed by atoms with Gasteiger partial charge in [0.1, 0.15) is 18.0 Å². The Bertz CT molecular complexity index is 832. The molecule has 1 N–H and O–H groups in total. The lowest BCUT2D eigenvalue weighted by atomic mass is 10.2. The molecule has 2 aromatic rings. The fraction of sp³-hybridized carbons (Fsp3) is 0.364. The highest BCUT2D eigenvalue weighted by Gasteiger charge is 2.20. The Morgan fingerprint density at radius 3 is 2.14 bits per heavy atom. The molecule has 29 heavy (non-hydrogen) atoms. The normalized spacial score (nSPS) is 10.2. The van der Waals surface area contributed by atoms with E-state index in [0.717, 1.165) is 18.8 Å². The summed E-state index contributed by atoms with van der Waals surface area (Å²) in [6.45, 7) is 7.32. The third-order valence-electron chi connectivity index (χ3n) is 4.64. The number of rotatable bonds is 9. The molecule has 0 aliphatic rings. The first-order valence-corrected chi connectivity index (χ1v) is 9.58. The predicted octanol–water partition coefficient (Wildman–Crippen LogP) is 3.54. The molecule has 7 nitrogen and oxygen atoms in total. The lowest BCUT2D eigenvalue weighted by molar-refractivity contribution is -0.120. The van der Waals surface area contributed by atoms with Crippen molar-refractivity contribution in [3.05, 3.63) is 42.5 Å². The van der Waals surface area contributed by atoms with Crippen molar-refractivity contribution < 1.29 is 19.1 Å². The average Bonchev–Trinajstić information content (AvgIpc) is 2.73. The molecular formula is C22H29N3O4. The second kappa shape index (κ2) is 10.4. The Kier molecular flexibility index (Phi) is 7.88. The van der Waals surface area contributed by atoms with Gasteiger partial charge in [-0.15, -0.1) is 0 Å². The summed E-state index contributed by atoms with van der Waals surface area (Å²) in [6.07, 6.45) is 0. The SMILES string of the molecule is CCN(CC)c1ccc(NC(=O)CN(C(C)=O)c2ccc(OC)cc2OC)cc1. The Morgan fingerprint density at radius 2 is 1.62 bits per heavy atom. The molecule has 0 unspecified atom stereocenters. The predicted molar refractivity (Wildman–Crippen MR) is 116 cm³/mol. The molecule has 0 aliphatic carbocycles. The molecular weight excluding hydrogens is 370 g/mol. The van der Waals surface area contributed by atoms with Crippen LogP contribution in [-0.2, 0) is 9.59 Å². The van der Waals surface area contributed by atoms with Crippen LogP contribution in [0.4, 0.5) is 17.1 Å². The number of methoxy groups -OCH3 is 2. The van der Waals surface area contributed by atoms with Crippen LogP contribution in [0, 0.1) is 0 Å². The van der Waals surface area contributed by atoms with Gasteiger partial charge in [-0.3, -0.25) is 14.5 Å². The van der Waals surface area contributed by atoms with E-state index < -0.39 is 0 Å². The number of ether oxygens (including phenoxy) is 2. The van der Waals surface area contributed by atoms with E-state index in [1.807, 2.05) is 24.3 Å². The third kappa shape index (κ3) is 5.63. The molecule has 0 radical (unpaired) electrons. The number of nitrogens with zero attached hydrogens (tertiary/aromatic N) is 2. The molecule has 0 atom stereocenters. The van der Waals surface area contributed by atoms with Crippen molar-refractivity contribution in [2.45, 2.75) is 20.8 Å². The largest absolute Gasteiger partial charge is 0.497 e. The van der Waals surface area contributed by atoms with E-state index >= 15 is 0 Å². The molecule has 0 bridgehead atoms. The Labute approximate surface area is 172 Å². The quantitative estimate of drug-likeness (QED) is 0.698. The number of anilines is 3. The third-order valence-corrected chi connectivity index (χ3v) is 4.64. The fourth-order valence-corrected chi connectivity index (χ4v) is 3.06. The minimum absolute atomic E-state index is 0.129. The second-order valence-electron chi connectivity index (χ2n) is 6.41. The van der Waals surface area contributed by atoms with E-state index in [1.165, 1.54) is 18.9 Å². The van der Waals surface area contributed by atoms with Gasteiger partial charge in [0.05, 0.1) is 19.9 Å². The molecule has 0 spiro atoms. The number of nitrogens with one attached hydrogen (secondary N) is 1. The van der Waals surface area contributed by atoms with Gasteiger partial charge in [0, 0.05) is 37.5 Å². The van der Waals surface area contributed by atoms with Crippen LogP contribution in [0.1, 0.15) is 20.8 Å². The standard InChI is InChI=1S/C22H29N3O4/c1-6-24(7-2)18-10-8-17(9-11-18)23-22(27)15-25(16(3)26)20-13-12-19(28-4)14-21(20)29-5/h8-14H,6-7,15H2,1-5H3,(H,23,27). The lowest BCUT2D eigenvalue weighted by Crippen LogP contribution is -2.36. The van der Waals surface area contributed by atoms with Gasteiger partial charge in [-0.2, -0.15) is 0 Å². The highest BCUT2D eigenvalue weighted by atomic mass is 16.5. The smallest absolute Gasteiger partial charge is 0.244 e. The van der Waals surface area contributed by atoms with Crippen molar-refractivity contribution in [3.8, 4) is 11.5 Å². The van der Waals surface area contributed by atoms with Gasteiger partial charge in [0.2, 0.25) is 11.8 Å². The van der Waals surface area contributed by atoms with Crippen LogP contribution in [0.25, 0.3) is 0 Å². The summed E-state index contributed by atoms with van der Waals surface area (Å²) < 4.78 is 10.6. The lowest BCUT2D eigenvalue weighted by Gasteiger charge is -2.23. The molecule has 0 saturated carbocycles. The molecule has 2 rings (SSSR count). The number of carbonyl (C=O) groups excluding carboxylic acids is 2. The van der Waals surface area contributed by atoms with Crippen LogP contribution < -0.4 is 24.6 Å². The topological polar surface area (TPSA) is 71.1 Å². The molecule has 2 amide bonds. The molecule has 0 fully saturated rings. The minimum Gasteiger partial charge on any atom is -0.497 e. The number of amides is 2. The Balaban J connectivity index is 2.13. The van der Waals surface area contributed by atoms with E-state index in [-0.39, 0.29) is 18.4 Å². The van der Waals surface area contributed by atoms with Crippen LogP contribution in [0.3, 0.4) is 0 Å². The summed E-state index contributed by atoms with van der Waals surface area (Å²) in [5.74, 6) is 0.497. The van der Waals surface area contributed by atoms with Crippen molar-refractivity contribution in [1.29, 1.82) is 0 Å². The van der Waals surface area contributed by atoms with Gasteiger partial charge in [0.25, 0.3) is 0 Å². The molecule has 156 valence electrons. The maximum Gasteiger partial charge on any atom is 0.244 e. The van der Waals surface area contributed by atoms with E-state index in [2.05, 4.69) is 24.1 Å². The zero-order valence-electron chi connectivity index (χ0n) is 17.7. The van der Waals surface area contributed by atoms with Crippen molar-refractivity contribution in [2.75, 3.05) is 49.0 Å². The number of hydrogen-bond acceptors (Lipinski definition) is 5. The van der Waals surface area contributed by atoms with Gasteiger partial charge in [-0.25, -0.2) is 0 Å². The maximum absolute atomic E-state index is 12.6. The van der Waals surface area contributed by atoms with Gasteiger partial charge >= 0.3 is 0 Å². The molecule has 7 heteroatoms. The highest BCUT2D eigenvalue weighted by molar-refractivity contribution is 6.02. The van der Waals surface area contributed by atoms with Crippen LogP contribution in [0.15, 0.2) is 42.5 Å². The van der Waals surface area contributed by atoms with Crippen molar-refractivity contribution in [1.82, 2.24) is 0 Å². The fourth-order valence-electron chi connectivity index (χ4n) is 3.06. The zero-order valence-corrected chi connectivity index (χ0v) is 17.7. The summed E-state index contributed by atoms with van der Waals surface area (Å²) in [6, 6.07) is 12.8. The Morgan fingerprint density at radius 1 is 0.966 bits per heavy atom. The number of benzene rings is 2. The van der Waals surface area contributed by atoms with Crippen molar-refractivity contribution in [2.24, 2.45) is 0 Å². The van der Waals surface area contributed by atoms with Crippen LogP contribution in [0.2, 0.25) is 0 Å². The van der Waals surface area contributed by atoms with Crippen molar-refractivity contribution in [3.63, 3.8) is 0 Å². The molecule has 0 heterocycles. The summed E-state index contributed by atoms with van der Waals surface area (Å²) in [5, 5.41) is 2.84. The average molecular weight is 399 g/mol. The van der Waals surface area contributed by atoms with Gasteiger partial charge in [-0.05, 0) is 50.2 Å². The summed E-state index contributed by atoms with van der Waals surface area (Å²) in [4.78, 5) is 28.4. The van der Waals surface area contributed by atoms with E-state index in [9.17, 15) is 9.59 Å². The molecule has 0 saturated heterocycles. The minimum atomic E-state index is -0.298. The first kappa shape index (κ1) is 22.1. The van der Waals surface area contributed by atoms with E-state index in [1.54, 1.807) is 25.3 Å². The summed E-state index contributed by atoms with van der Waals surface area (Å²) in [5.41, 5.74) is 2.28. The maximum atomic E-state index is 12.6. The van der Waals surface area contributed by atoms with Crippen LogP contribution in [0.5, 0.6) is 11.5 Å². The van der Waals surface area contributed by atoms with E-state index in [0.29, 0.717) is 22.9 Å². The van der Waals surface area contributed by atoms with Gasteiger partial charge in [-0.1, -0.05) is 0 Å². The Hall–Kier alpha value is -3.22. The van der Waals surface area contributed by atoms with Gasteiger partial charge in [0.15, 0.2) is 0 Å². The number of carbonyl (C=O) groups is 2. The first-order valence-electron chi connectivity index (χ1n) is 9.58. The highest BCUT2D eigenvalue weighted by Crippen LogP contribution is 2.32. The molecule has 0 aliphatic heterocycles. The zero-order chi connectivity index (χ0) is 21.4.